The lowest BCUT2D eigenvalue weighted by Crippen LogP contribution is -1.89. The second kappa shape index (κ2) is 4.89. The van der Waals surface area contributed by atoms with Crippen LogP contribution in [-0.2, 0) is 0 Å². The van der Waals surface area contributed by atoms with Crippen molar-refractivity contribution >= 4 is 40.2 Å². The highest BCUT2D eigenvalue weighted by atomic mass is 35.5. The van der Waals surface area contributed by atoms with Gasteiger partial charge in [0.15, 0.2) is 0 Å². The van der Waals surface area contributed by atoms with E-state index < -0.39 is 5.24 Å². The summed E-state index contributed by atoms with van der Waals surface area (Å²) in [6.07, 6.45) is 0. The molecule has 1 aromatic rings. The third-order valence-corrected chi connectivity index (χ3v) is 2.70. The minimum Gasteiger partial charge on any atom is -0.276 e. The van der Waals surface area contributed by atoms with E-state index in [0.29, 0.717) is 10.6 Å². The molecule has 0 saturated carbocycles. The van der Waals surface area contributed by atoms with Crippen molar-refractivity contribution in [3.05, 3.63) is 28.8 Å². The van der Waals surface area contributed by atoms with Crippen LogP contribution >= 0.6 is 35.0 Å². The zero-order chi connectivity index (χ0) is 9.84. The summed E-state index contributed by atoms with van der Waals surface area (Å²) in [6, 6.07) is 5.13. The monoisotopic (exact) mass is 234 g/mol. The third-order valence-electron chi connectivity index (χ3n) is 1.41. The summed E-state index contributed by atoms with van der Waals surface area (Å²) in [5, 5.41) is 0.0721. The average Bonchev–Trinajstić information content (AvgIpc) is 2.03. The molecule has 0 aliphatic rings. The quantitative estimate of drug-likeness (QED) is 0.585. The minimum absolute atomic E-state index is 0.449. The molecule has 0 aromatic heterocycles. The molecule has 1 aromatic carbocycles. The third kappa shape index (κ3) is 3.22. The lowest BCUT2D eigenvalue weighted by Gasteiger charge is -2.01. The number of rotatable bonds is 3. The standard InChI is InChI=1S/C9H8Cl2OS/c1-2-13-8-4-6(9(11)12)3-7(10)5-8/h3-5H,2H2,1H3. The van der Waals surface area contributed by atoms with Gasteiger partial charge in [0.05, 0.1) is 0 Å². The maximum absolute atomic E-state index is 10.9. The molecule has 0 unspecified atom stereocenters. The Morgan fingerprint density at radius 3 is 2.69 bits per heavy atom. The van der Waals surface area contributed by atoms with Crippen molar-refractivity contribution in [3.63, 3.8) is 0 Å². The second-order valence-electron chi connectivity index (χ2n) is 2.38. The minimum atomic E-state index is -0.472. The Hall–Kier alpha value is -0.180. The van der Waals surface area contributed by atoms with Gasteiger partial charge < -0.3 is 0 Å². The van der Waals surface area contributed by atoms with E-state index in [-0.39, 0.29) is 0 Å². The number of carbonyl (C=O) groups excluding carboxylic acids is 1. The molecule has 1 rings (SSSR count). The first-order chi connectivity index (χ1) is 6.13. The first-order valence-corrected chi connectivity index (χ1v) is 5.51. The van der Waals surface area contributed by atoms with E-state index in [0.717, 1.165) is 10.6 Å². The van der Waals surface area contributed by atoms with E-state index in [1.165, 1.54) is 0 Å². The van der Waals surface area contributed by atoms with Crippen molar-refractivity contribution < 1.29 is 4.79 Å². The topological polar surface area (TPSA) is 17.1 Å². The lowest BCUT2D eigenvalue weighted by molar-refractivity contribution is 0.108. The van der Waals surface area contributed by atoms with E-state index in [1.807, 2.05) is 13.0 Å². The summed E-state index contributed by atoms with van der Waals surface area (Å²) in [4.78, 5) is 11.8. The van der Waals surface area contributed by atoms with E-state index >= 15 is 0 Å². The molecule has 0 aliphatic carbocycles. The molecule has 13 heavy (non-hydrogen) atoms. The Bertz CT molecular complexity index is 325. The fraction of sp³-hybridized carbons (Fsp3) is 0.222. The highest BCUT2D eigenvalue weighted by molar-refractivity contribution is 7.99. The van der Waals surface area contributed by atoms with Gasteiger partial charge in [-0.1, -0.05) is 18.5 Å². The van der Waals surface area contributed by atoms with Gasteiger partial charge in [0.2, 0.25) is 0 Å². The van der Waals surface area contributed by atoms with Gasteiger partial charge in [-0.05, 0) is 35.6 Å². The summed E-state index contributed by atoms with van der Waals surface area (Å²) in [7, 11) is 0. The summed E-state index contributed by atoms with van der Waals surface area (Å²) >= 11 is 12.8. The number of halogens is 2. The SMILES string of the molecule is CCSc1cc(Cl)cc(C(=O)Cl)c1. The van der Waals surface area contributed by atoms with Crippen LogP contribution in [0.25, 0.3) is 0 Å². The largest absolute Gasteiger partial charge is 0.276 e. The summed E-state index contributed by atoms with van der Waals surface area (Å²) in [5.74, 6) is 0.941. The molecular formula is C9H8Cl2OS. The van der Waals surface area contributed by atoms with Gasteiger partial charge in [-0.2, -0.15) is 0 Å². The number of hydrogen-bond acceptors (Lipinski definition) is 2. The molecule has 0 atom stereocenters. The smallest absolute Gasteiger partial charge is 0.252 e. The van der Waals surface area contributed by atoms with Crippen LogP contribution in [0, 0.1) is 0 Å². The van der Waals surface area contributed by atoms with Crippen molar-refractivity contribution in [2.24, 2.45) is 0 Å². The summed E-state index contributed by atoms with van der Waals surface area (Å²) in [5.41, 5.74) is 0.449. The zero-order valence-electron chi connectivity index (χ0n) is 7.01. The number of thioether (sulfide) groups is 1. The summed E-state index contributed by atoms with van der Waals surface area (Å²) in [6.45, 7) is 2.04. The van der Waals surface area contributed by atoms with E-state index in [2.05, 4.69) is 0 Å². The van der Waals surface area contributed by atoms with Gasteiger partial charge in [0.25, 0.3) is 5.24 Å². The maximum Gasteiger partial charge on any atom is 0.252 e. The van der Waals surface area contributed by atoms with Crippen molar-refractivity contribution in [1.82, 2.24) is 0 Å². The molecule has 0 N–H and O–H groups in total. The first kappa shape index (κ1) is 10.9. The fourth-order valence-electron chi connectivity index (χ4n) is 0.926. The molecular weight excluding hydrogens is 227 g/mol. The van der Waals surface area contributed by atoms with Crippen molar-refractivity contribution in [1.29, 1.82) is 0 Å². The molecule has 0 radical (unpaired) electrons. The van der Waals surface area contributed by atoms with Crippen LogP contribution in [0.1, 0.15) is 17.3 Å². The zero-order valence-corrected chi connectivity index (χ0v) is 9.34. The van der Waals surface area contributed by atoms with Crippen molar-refractivity contribution in [3.8, 4) is 0 Å². The van der Waals surface area contributed by atoms with Gasteiger partial charge in [0.1, 0.15) is 0 Å². The molecule has 0 saturated heterocycles. The summed E-state index contributed by atoms with van der Waals surface area (Å²) < 4.78 is 0. The average molecular weight is 235 g/mol. The Balaban J connectivity index is 3.03. The van der Waals surface area contributed by atoms with Crippen molar-refractivity contribution in [2.45, 2.75) is 11.8 Å². The molecule has 0 spiro atoms. The molecule has 70 valence electrons. The molecule has 4 heteroatoms. The molecule has 0 amide bonds. The van der Waals surface area contributed by atoms with E-state index in [1.54, 1.807) is 23.9 Å². The first-order valence-electron chi connectivity index (χ1n) is 3.76. The van der Waals surface area contributed by atoms with Crippen LogP contribution in [0.3, 0.4) is 0 Å². The Morgan fingerprint density at radius 2 is 2.15 bits per heavy atom. The molecule has 0 bridgehead atoms. The highest BCUT2D eigenvalue weighted by Crippen LogP contribution is 2.24. The predicted octanol–water partition coefficient (Wildman–Crippen LogP) is 3.83. The fourth-order valence-corrected chi connectivity index (χ4v) is 2.09. The number of hydrogen-bond donors (Lipinski definition) is 0. The second-order valence-corrected chi connectivity index (χ2v) is 4.50. The number of benzene rings is 1. The van der Waals surface area contributed by atoms with Gasteiger partial charge >= 0.3 is 0 Å². The predicted molar refractivity (Wildman–Crippen MR) is 58.0 cm³/mol. The van der Waals surface area contributed by atoms with E-state index in [4.69, 9.17) is 23.2 Å². The Labute approximate surface area is 91.4 Å². The van der Waals surface area contributed by atoms with Gasteiger partial charge in [0, 0.05) is 15.5 Å². The van der Waals surface area contributed by atoms with Crippen LogP contribution in [0.15, 0.2) is 23.1 Å². The van der Waals surface area contributed by atoms with Crippen LogP contribution < -0.4 is 0 Å². The molecule has 1 nitrogen and oxygen atoms in total. The number of carbonyl (C=O) groups is 1. The normalized spacial score (nSPS) is 10.1. The van der Waals surface area contributed by atoms with Crippen LogP contribution in [-0.4, -0.2) is 11.0 Å². The molecule has 0 aliphatic heterocycles. The van der Waals surface area contributed by atoms with Crippen LogP contribution in [0.4, 0.5) is 0 Å². The lowest BCUT2D eigenvalue weighted by atomic mass is 10.2. The van der Waals surface area contributed by atoms with Crippen molar-refractivity contribution in [2.75, 3.05) is 5.75 Å². The van der Waals surface area contributed by atoms with Gasteiger partial charge in [-0.15, -0.1) is 11.8 Å². The Morgan fingerprint density at radius 1 is 1.46 bits per heavy atom. The highest BCUT2D eigenvalue weighted by Gasteiger charge is 2.04. The van der Waals surface area contributed by atoms with E-state index in [9.17, 15) is 4.79 Å². The molecule has 0 heterocycles. The Kier molecular flexibility index (Phi) is 4.10. The van der Waals surface area contributed by atoms with Gasteiger partial charge in [-0.3, -0.25) is 4.79 Å². The van der Waals surface area contributed by atoms with Gasteiger partial charge in [-0.25, -0.2) is 0 Å². The van der Waals surface area contributed by atoms with Crippen LogP contribution in [0.5, 0.6) is 0 Å². The maximum atomic E-state index is 10.9. The van der Waals surface area contributed by atoms with Crippen LogP contribution in [0.2, 0.25) is 5.02 Å². The molecule has 0 fully saturated rings.